The van der Waals surface area contributed by atoms with E-state index in [1.807, 2.05) is 19.1 Å². The van der Waals surface area contributed by atoms with Crippen molar-refractivity contribution in [2.75, 3.05) is 0 Å². The summed E-state index contributed by atoms with van der Waals surface area (Å²) in [5.74, 6) is 0. The van der Waals surface area contributed by atoms with E-state index < -0.39 is 0 Å². The van der Waals surface area contributed by atoms with Crippen LogP contribution in [0.3, 0.4) is 0 Å². The van der Waals surface area contributed by atoms with Crippen LogP contribution >= 0.6 is 0 Å². The van der Waals surface area contributed by atoms with Gasteiger partial charge in [0.2, 0.25) is 0 Å². The molecule has 0 aliphatic heterocycles. The monoisotopic (exact) mass is 207 g/mol. The van der Waals surface area contributed by atoms with Crippen molar-refractivity contribution in [1.29, 1.82) is 5.26 Å². The van der Waals surface area contributed by atoms with Crippen LogP contribution in [0.1, 0.15) is 16.7 Å². The molecule has 0 N–H and O–H groups in total. The van der Waals surface area contributed by atoms with Gasteiger partial charge >= 0.3 is 0 Å². The molecule has 1 nitrogen and oxygen atoms in total. The maximum Gasteiger partial charge on any atom is 0.0994 e. The summed E-state index contributed by atoms with van der Waals surface area (Å²) in [5.41, 5.74) is 5.39. The van der Waals surface area contributed by atoms with E-state index in [4.69, 9.17) is 5.26 Å². The maximum absolute atomic E-state index is 8.87. The molecular formula is C15H13N. The van der Waals surface area contributed by atoms with Gasteiger partial charge in [0.15, 0.2) is 0 Å². The lowest BCUT2D eigenvalue weighted by Gasteiger charge is -2.05. The zero-order valence-electron chi connectivity index (χ0n) is 9.49. The van der Waals surface area contributed by atoms with Crippen molar-refractivity contribution in [3.8, 4) is 17.2 Å². The Hall–Kier alpha value is -2.07. The van der Waals surface area contributed by atoms with Gasteiger partial charge in [-0.2, -0.15) is 5.26 Å². The topological polar surface area (TPSA) is 23.8 Å². The minimum absolute atomic E-state index is 0.747. The lowest BCUT2D eigenvalue weighted by atomic mass is 9.99. The van der Waals surface area contributed by atoms with Gasteiger partial charge < -0.3 is 0 Å². The van der Waals surface area contributed by atoms with Crippen molar-refractivity contribution in [2.45, 2.75) is 13.8 Å². The van der Waals surface area contributed by atoms with E-state index in [1.165, 1.54) is 16.7 Å². The van der Waals surface area contributed by atoms with Crippen LogP contribution in [-0.2, 0) is 0 Å². The fraction of sp³-hybridized carbons (Fsp3) is 0.133. The number of nitriles is 1. The van der Waals surface area contributed by atoms with E-state index in [2.05, 4.69) is 43.3 Å². The highest BCUT2D eigenvalue weighted by atomic mass is 14.2. The zero-order valence-corrected chi connectivity index (χ0v) is 9.49. The smallest absolute Gasteiger partial charge is 0.0994 e. The van der Waals surface area contributed by atoms with E-state index in [9.17, 15) is 0 Å². The number of hydrogen-bond acceptors (Lipinski definition) is 1. The third-order valence-corrected chi connectivity index (χ3v) is 2.70. The molecule has 16 heavy (non-hydrogen) atoms. The molecule has 0 saturated carbocycles. The van der Waals surface area contributed by atoms with Gasteiger partial charge in [-0.3, -0.25) is 0 Å². The quantitative estimate of drug-likeness (QED) is 0.697. The second-order valence-corrected chi connectivity index (χ2v) is 4.01. The number of aryl methyl sites for hydroxylation is 2. The highest BCUT2D eigenvalue weighted by Gasteiger charge is 2.01. The van der Waals surface area contributed by atoms with Gasteiger partial charge in [-0.05, 0) is 36.6 Å². The maximum atomic E-state index is 8.87. The van der Waals surface area contributed by atoms with Crippen molar-refractivity contribution in [2.24, 2.45) is 0 Å². The van der Waals surface area contributed by atoms with E-state index in [1.54, 1.807) is 0 Å². The summed E-state index contributed by atoms with van der Waals surface area (Å²) in [6, 6.07) is 16.5. The van der Waals surface area contributed by atoms with Gasteiger partial charge in [0, 0.05) is 0 Å². The zero-order chi connectivity index (χ0) is 11.5. The van der Waals surface area contributed by atoms with Gasteiger partial charge in [-0.1, -0.05) is 42.0 Å². The Morgan fingerprint density at radius 3 is 2.31 bits per heavy atom. The molecule has 0 spiro atoms. The van der Waals surface area contributed by atoms with Crippen LogP contribution in [-0.4, -0.2) is 0 Å². The van der Waals surface area contributed by atoms with Crippen LogP contribution in [0.25, 0.3) is 11.1 Å². The number of rotatable bonds is 1. The molecule has 0 aliphatic rings. The van der Waals surface area contributed by atoms with E-state index in [0.29, 0.717) is 0 Å². The number of benzene rings is 2. The molecule has 0 fully saturated rings. The minimum atomic E-state index is 0.747. The largest absolute Gasteiger partial charge is 0.192 e. The Bertz CT molecular complexity index is 562. The Labute approximate surface area is 96.0 Å². The Morgan fingerprint density at radius 1 is 0.938 bits per heavy atom. The summed E-state index contributed by atoms with van der Waals surface area (Å²) in [5, 5.41) is 8.87. The van der Waals surface area contributed by atoms with E-state index in [0.717, 1.165) is 11.1 Å². The summed E-state index contributed by atoms with van der Waals surface area (Å²) in [6.45, 7) is 4.05. The van der Waals surface area contributed by atoms with Crippen molar-refractivity contribution >= 4 is 0 Å². The molecule has 0 bridgehead atoms. The molecule has 0 saturated heterocycles. The molecule has 1 heteroatoms. The first-order valence-electron chi connectivity index (χ1n) is 5.28. The first kappa shape index (κ1) is 10.4. The SMILES string of the molecule is Cc1cccc(-c2ccc(C#N)c(C)c2)c1. The first-order chi connectivity index (χ1) is 7.70. The van der Waals surface area contributed by atoms with Gasteiger partial charge in [0.1, 0.15) is 0 Å². The summed E-state index contributed by atoms with van der Waals surface area (Å²) < 4.78 is 0. The van der Waals surface area contributed by atoms with Crippen LogP contribution in [0.5, 0.6) is 0 Å². The molecule has 2 rings (SSSR count). The third-order valence-electron chi connectivity index (χ3n) is 2.70. The molecule has 78 valence electrons. The average Bonchev–Trinajstić information content (AvgIpc) is 2.29. The molecule has 0 radical (unpaired) electrons. The van der Waals surface area contributed by atoms with Crippen LogP contribution < -0.4 is 0 Å². The first-order valence-corrected chi connectivity index (χ1v) is 5.28. The van der Waals surface area contributed by atoms with Crippen molar-refractivity contribution in [3.63, 3.8) is 0 Å². The highest BCUT2D eigenvalue weighted by molar-refractivity contribution is 5.66. The average molecular weight is 207 g/mol. The fourth-order valence-electron chi connectivity index (χ4n) is 1.79. The van der Waals surface area contributed by atoms with Crippen molar-refractivity contribution in [1.82, 2.24) is 0 Å². The second-order valence-electron chi connectivity index (χ2n) is 4.01. The minimum Gasteiger partial charge on any atom is -0.192 e. The van der Waals surface area contributed by atoms with Gasteiger partial charge in [0.05, 0.1) is 11.6 Å². The Morgan fingerprint density at radius 2 is 1.69 bits per heavy atom. The van der Waals surface area contributed by atoms with Gasteiger partial charge in [-0.15, -0.1) is 0 Å². The third kappa shape index (κ3) is 1.97. The van der Waals surface area contributed by atoms with Crippen LogP contribution in [0.2, 0.25) is 0 Å². The molecule has 0 aromatic heterocycles. The molecule has 0 amide bonds. The molecule has 2 aromatic rings. The predicted molar refractivity (Wildman–Crippen MR) is 66.1 cm³/mol. The van der Waals surface area contributed by atoms with Gasteiger partial charge in [-0.25, -0.2) is 0 Å². The molecule has 2 aromatic carbocycles. The van der Waals surface area contributed by atoms with Crippen molar-refractivity contribution in [3.05, 3.63) is 59.2 Å². The summed E-state index contributed by atoms with van der Waals surface area (Å²) >= 11 is 0. The van der Waals surface area contributed by atoms with Crippen LogP contribution in [0.4, 0.5) is 0 Å². The van der Waals surface area contributed by atoms with Crippen LogP contribution in [0.15, 0.2) is 42.5 Å². The molecule has 0 heterocycles. The molecule has 0 unspecified atom stereocenters. The number of nitrogens with zero attached hydrogens (tertiary/aromatic N) is 1. The van der Waals surface area contributed by atoms with E-state index in [-0.39, 0.29) is 0 Å². The number of hydrogen-bond donors (Lipinski definition) is 0. The lowest BCUT2D eigenvalue weighted by Crippen LogP contribution is -1.85. The van der Waals surface area contributed by atoms with Crippen molar-refractivity contribution < 1.29 is 0 Å². The highest BCUT2D eigenvalue weighted by Crippen LogP contribution is 2.22. The summed E-state index contributed by atoms with van der Waals surface area (Å²) in [4.78, 5) is 0. The normalized spacial score (nSPS) is 9.81. The summed E-state index contributed by atoms with van der Waals surface area (Å²) in [7, 11) is 0. The van der Waals surface area contributed by atoms with Gasteiger partial charge in [0.25, 0.3) is 0 Å². The molecule has 0 aliphatic carbocycles. The summed E-state index contributed by atoms with van der Waals surface area (Å²) in [6.07, 6.45) is 0. The predicted octanol–water partition coefficient (Wildman–Crippen LogP) is 3.84. The Kier molecular flexibility index (Phi) is 2.74. The van der Waals surface area contributed by atoms with E-state index >= 15 is 0 Å². The van der Waals surface area contributed by atoms with Crippen LogP contribution in [0, 0.1) is 25.2 Å². The lowest BCUT2D eigenvalue weighted by molar-refractivity contribution is 1.39. The molecule has 0 atom stereocenters. The Balaban J connectivity index is 2.50. The molecular weight excluding hydrogens is 194 g/mol. The fourth-order valence-corrected chi connectivity index (χ4v) is 1.79. The standard InChI is InChI=1S/C15H13N/c1-11-4-3-5-13(8-11)14-6-7-15(10-16)12(2)9-14/h3-9H,1-2H3. The second kappa shape index (κ2) is 4.20.